The lowest BCUT2D eigenvalue weighted by atomic mass is 9.96. The molecule has 0 unspecified atom stereocenters. The molecule has 4 aromatic carbocycles. The lowest BCUT2D eigenvalue weighted by molar-refractivity contribution is -0.277. The molecule has 1 fully saturated rings. The maximum atomic E-state index is 14.1. The molecule has 0 bridgehead atoms. The van der Waals surface area contributed by atoms with Crippen molar-refractivity contribution in [3.05, 3.63) is 56.8 Å². The summed E-state index contributed by atoms with van der Waals surface area (Å²) in [6, 6.07) is 6.19. The normalized spacial score (nSPS) is 20.9. The molecule has 0 spiro atoms. The second kappa shape index (κ2) is 11.6. The first-order chi connectivity index (χ1) is 23.8. The van der Waals surface area contributed by atoms with Gasteiger partial charge in [-0.1, -0.05) is 0 Å². The molecule has 50 heavy (non-hydrogen) atoms. The minimum atomic E-state index is -1.89. The Labute approximate surface area is 276 Å². The number of methoxy groups -OCH3 is 1. The third kappa shape index (κ3) is 4.67. The van der Waals surface area contributed by atoms with Crippen molar-refractivity contribution < 1.29 is 74.1 Å². The van der Waals surface area contributed by atoms with Gasteiger partial charge in [0.05, 0.1) is 19.3 Å². The van der Waals surface area contributed by atoms with Crippen LogP contribution in [0.2, 0.25) is 0 Å². The molecule has 0 amide bonds. The third-order valence-corrected chi connectivity index (χ3v) is 8.56. The molecule has 260 valence electrons. The van der Waals surface area contributed by atoms with E-state index in [0.29, 0.717) is 0 Å². The fourth-order valence-corrected chi connectivity index (χ4v) is 6.08. The summed E-state index contributed by atoms with van der Waals surface area (Å²) in [4.78, 5) is 27.6. The molecule has 10 N–H and O–H groups in total. The van der Waals surface area contributed by atoms with Crippen molar-refractivity contribution >= 4 is 43.9 Å². The van der Waals surface area contributed by atoms with Crippen LogP contribution in [0.25, 0.3) is 55.0 Å². The highest BCUT2D eigenvalue weighted by Gasteiger charge is 2.45. The van der Waals surface area contributed by atoms with E-state index in [1.165, 1.54) is 13.2 Å². The Kier molecular flexibility index (Phi) is 7.54. The van der Waals surface area contributed by atoms with Gasteiger partial charge in [-0.05, 0) is 18.2 Å². The van der Waals surface area contributed by atoms with Crippen LogP contribution in [0.15, 0.2) is 54.8 Å². The van der Waals surface area contributed by atoms with Crippen LogP contribution < -0.4 is 20.3 Å². The maximum Gasteiger partial charge on any atom is 0.229 e. The number of phenolic OH excluding ortho intramolecular Hbond substituents is 6. The van der Waals surface area contributed by atoms with Gasteiger partial charge in [-0.25, -0.2) is 0 Å². The molecule has 6 aromatic rings. The van der Waals surface area contributed by atoms with Crippen LogP contribution in [0.5, 0.6) is 46.0 Å². The van der Waals surface area contributed by atoms with E-state index >= 15 is 0 Å². The number of hydrogen-bond donors (Lipinski definition) is 10. The molecule has 0 saturated carbocycles. The van der Waals surface area contributed by atoms with Crippen LogP contribution in [0.3, 0.4) is 0 Å². The molecule has 17 heteroatoms. The van der Waals surface area contributed by atoms with E-state index in [1.54, 1.807) is 0 Å². The van der Waals surface area contributed by atoms with E-state index in [-0.39, 0.29) is 11.3 Å². The van der Waals surface area contributed by atoms with Gasteiger partial charge in [-0.3, -0.25) is 9.59 Å². The standard InChI is InChI=1S/C33H26O17/c1-46-9-4-12(36)20-16(5-9)47-32-14(38)6-10(24(39)23(32)27(20)42)19-13(37)7-17-21(26(19)41)28(43)22-15(3-2-11(35)31(22)48-17)49-33-30(45)29(44)25(40)18(8-34)50-33/h2-7,18,25,29-30,33-41,44-45H,8H2,1H3/t18-,25-,29+,30-,33-/m1/s1. The van der Waals surface area contributed by atoms with Crippen molar-refractivity contribution in [2.45, 2.75) is 30.7 Å². The molecule has 1 saturated heterocycles. The topological polar surface area (TPSA) is 290 Å². The molecule has 17 nitrogen and oxygen atoms in total. The highest BCUT2D eigenvalue weighted by atomic mass is 16.7. The molecule has 1 aliphatic heterocycles. The summed E-state index contributed by atoms with van der Waals surface area (Å²) >= 11 is 0. The number of aromatic hydroxyl groups is 6. The average Bonchev–Trinajstić information content (AvgIpc) is 3.07. The minimum absolute atomic E-state index is 0.116. The van der Waals surface area contributed by atoms with Gasteiger partial charge in [0, 0.05) is 23.8 Å². The molecule has 5 atom stereocenters. The van der Waals surface area contributed by atoms with E-state index < -0.39 is 138 Å². The zero-order valence-corrected chi connectivity index (χ0v) is 25.4. The zero-order chi connectivity index (χ0) is 35.9. The van der Waals surface area contributed by atoms with Gasteiger partial charge in [0.15, 0.2) is 22.7 Å². The number of hydrogen-bond acceptors (Lipinski definition) is 17. The van der Waals surface area contributed by atoms with Gasteiger partial charge in [-0.2, -0.15) is 0 Å². The van der Waals surface area contributed by atoms with Crippen LogP contribution in [0, 0.1) is 0 Å². The SMILES string of the molecule is COc1cc(O)c2c(=O)c3c(O)c(-c4c(O)cc5oc6c(O)ccc(O[C@@H]7O[C@H](CO)[C@@H](O)[C@H](O)[C@H]7O)c6c(=O)c5c4O)cc(O)c3oc2c1. The number of aliphatic hydroxyl groups is 4. The highest BCUT2D eigenvalue weighted by molar-refractivity contribution is 6.06. The van der Waals surface area contributed by atoms with Gasteiger partial charge in [0.25, 0.3) is 0 Å². The molecule has 0 aliphatic carbocycles. The Hall–Kier alpha value is -5.98. The van der Waals surface area contributed by atoms with Crippen molar-refractivity contribution in [1.82, 2.24) is 0 Å². The quantitative estimate of drug-likeness (QED) is 0.0898. The summed E-state index contributed by atoms with van der Waals surface area (Å²) in [5.41, 5.74) is -5.02. The molecule has 7 rings (SSSR count). The molecule has 3 heterocycles. The molecule has 2 aromatic heterocycles. The zero-order valence-electron chi connectivity index (χ0n) is 25.4. The summed E-state index contributed by atoms with van der Waals surface area (Å²) < 4.78 is 27.4. The van der Waals surface area contributed by atoms with Gasteiger partial charge < -0.3 is 74.1 Å². The maximum absolute atomic E-state index is 14.1. The Bertz CT molecular complexity index is 2500. The minimum Gasteiger partial charge on any atom is -0.507 e. The van der Waals surface area contributed by atoms with E-state index in [2.05, 4.69) is 0 Å². The second-order valence-corrected chi connectivity index (χ2v) is 11.5. The van der Waals surface area contributed by atoms with Crippen LogP contribution in [-0.2, 0) is 4.74 Å². The smallest absolute Gasteiger partial charge is 0.229 e. The summed E-state index contributed by atoms with van der Waals surface area (Å²) in [6.45, 7) is -0.778. The van der Waals surface area contributed by atoms with Crippen LogP contribution in [-0.4, -0.2) is 95.5 Å². The van der Waals surface area contributed by atoms with Gasteiger partial charge in [-0.15, -0.1) is 0 Å². The summed E-state index contributed by atoms with van der Waals surface area (Å²) in [5.74, 6) is -5.00. The van der Waals surface area contributed by atoms with E-state index in [1.807, 2.05) is 0 Å². The first-order valence-corrected chi connectivity index (χ1v) is 14.6. The predicted molar refractivity (Wildman–Crippen MR) is 170 cm³/mol. The van der Waals surface area contributed by atoms with Crippen molar-refractivity contribution in [3.8, 4) is 57.1 Å². The Morgan fingerprint density at radius 3 is 2.02 bits per heavy atom. The summed E-state index contributed by atoms with van der Waals surface area (Å²) in [5, 5.41) is 104. The van der Waals surface area contributed by atoms with E-state index in [0.717, 1.165) is 30.3 Å². The Morgan fingerprint density at radius 2 is 1.34 bits per heavy atom. The van der Waals surface area contributed by atoms with Crippen molar-refractivity contribution in [2.75, 3.05) is 13.7 Å². The number of phenols is 6. The van der Waals surface area contributed by atoms with Crippen molar-refractivity contribution in [3.63, 3.8) is 0 Å². The number of rotatable bonds is 5. The third-order valence-electron chi connectivity index (χ3n) is 8.56. The second-order valence-electron chi connectivity index (χ2n) is 11.5. The first kappa shape index (κ1) is 32.6. The monoisotopic (exact) mass is 694 g/mol. The van der Waals surface area contributed by atoms with Gasteiger partial charge in [0.1, 0.15) is 91.6 Å². The van der Waals surface area contributed by atoms with Gasteiger partial charge in [0.2, 0.25) is 17.1 Å². The highest BCUT2D eigenvalue weighted by Crippen LogP contribution is 2.50. The van der Waals surface area contributed by atoms with Crippen molar-refractivity contribution in [2.24, 2.45) is 0 Å². The Balaban J connectivity index is 1.45. The number of benzene rings is 4. The number of ether oxygens (including phenoxy) is 3. The number of fused-ring (bicyclic) bond motifs is 4. The van der Waals surface area contributed by atoms with E-state index in [9.17, 15) is 60.7 Å². The average molecular weight is 695 g/mol. The lowest BCUT2D eigenvalue weighted by Crippen LogP contribution is -2.60. The largest absolute Gasteiger partial charge is 0.507 e. The predicted octanol–water partition coefficient (Wildman–Crippen LogP) is 1.29. The fourth-order valence-electron chi connectivity index (χ4n) is 6.08. The van der Waals surface area contributed by atoms with E-state index in [4.69, 9.17) is 23.0 Å². The van der Waals surface area contributed by atoms with Crippen molar-refractivity contribution in [1.29, 1.82) is 0 Å². The molecule has 0 radical (unpaired) electrons. The van der Waals surface area contributed by atoms with Gasteiger partial charge >= 0.3 is 0 Å². The summed E-state index contributed by atoms with van der Waals surface area (Å²) in [6.07, 6.45) is -8.57. The summed E-state index contributed by atoms with van der Waals surface area (Å²) in [7, 11) is 1.30. The van der Waals surface area contributed by atoms with Crippen LogP contribution in [0.1, 0.15) is 0 Å². The molecular formula is C33H26O17. The van der Waals surface area contributed by atoms with Crippen LogP contribution in [0.4, 0.5) is 0 Å². The number of aliphatic hydroxyl groups excluding tert-OH is 4. The molecular weight excluding hydrogens is 668 g/mol. The molecule has 1 aliphatic rings. The fraction of sp³-hybridized carbons (Fsp3) is 0.212. The lowest BCUT2D eigenvalue weighted by Gasteiger charge is -2.39. The van der Waals surface area contributed by atoms with Crippen LogP contribution >= 0.6 is 0 Å². The Morgan fingerprint density at radius 1 is 0.680 bits per heavy atom. The first-order valence-electron chi connectivity index (χ1n) is 14.6.